The van der Waals surface area contributed by atoms with E-state index in [1.807, 2.05) is 0 Å². The Labute approximate surface area is 117 Å². The van der Waals surface area contributed by atoms with Gasteiger partial charge in [0, 0.05) is 24.8 Å². The van der Waals surface area contributed by atoms with Gasteiger partial charge in [0.05, 0.1) is 0 Å². The van der Waals surface area contributed by atoms with E-state index in [9.17, 15) is 0 Å². The molecule has 0 aliphatic carbocycles. The monoisotopic (exact) mass is 258 g/mol. The number of rotatable bonds is 4. The second-order valence-corrected chi connectivity index (χ2v) is 6.08. The second-order valence-electron chi connectivity index (χ2n) is 6.08. The lowest BCUT2D eigenvalue weighted by atomic mass is 9.97. The number of likely N-dealkylation sites (tertiary alicyclic amines) is 1. The minimum absolute atomic E-state index is 0.824. The molecule has 1 unspecified atom stereocenters. The molecule has 3 rings (SSSR count). The first-order valence-corrected chi connectivity index (χ1v) is 7.96. The lowest BCUT2D eigenvalue weighted by molar-refractivity contribution is 0.131. The highest BCUT2D eigenvalue weighted by Gasteiger charge is 2.22. The summed E-state index contributed by atoms with van der Waals surface area (Å²) in [5.74, 6) is 0. The van der Waals surface area contributed by atoms with Crippen LogP contribution in [-0.2, 0) is 13.0 Å². The molecule has 0 radical (unpaired) electrons. The molecule has 0 spiro atoms. The second kappa shape index (κ2) is 5.96. The van der Waals surface area contributed by atoms with E-state index >= 15 is 0 Å². The van der Waals surface area contributed by atoms with Crippen LogP contribution >= 0.6 is 0 Å². The Bertz CT molecular complexity index is 425. The Morgan fingerprint density at radius 3 is 3.16 bits per heavy atom. The van der Waals surface area contributed by atoms with Gasteiger partial charge in [-0.3, -0.25) is 4.90 Å². The Morgan fingerprint density at radius 1 is 1.32 bits per heavy atom. The average Bonchev–Trinajstić information content (AvgIpc) is 2.89. The molecule has 1 aromatic carbocycles. The van der Waals surface area contributed by atoms with Crippen molar-refractivity contribution in [2.24, 2.45) is 0 Å². The van der Waals surface area contributed by atoms with Crippen LogP contribution < -0.4 is 5.32 Å². The molecule has 1 atom stereocenters. The number of hydrogen-bond acceptors (Lipinski definition) is 2. The fourth-order valence-electron chi connectivity index (χ4n) is 3.62. The number of anilines is 1. The molecule has 1 fully saturated rings. The molecule has 2 aliphatic rings. The quantitative estimate of drug-likeness (QED) is 0.883. The zero-order valence-electron chi connectivity index (χ0n) is 12.1. The van der Waals surface area contributed by atoms with E-state index in [0.29, 0.717) is 0 Å². The Hall–Kier alpha value is -1.02. The van der Waals surface area contributed by atoms with E-state index in [2.05, 4.69) is 35.3 Å². The summed E-state index contributed by atoms with van der Waals surface area (Å²) in [5.41, 5.74) is 4.37. The number of benzene rings is 1. The average molecular weight is 258 g/mol. The summed E-state index contributed by atoms with van der Waals surface area (Å²) in [6.07, 6.45) is 8.09. The molecule has 0 aromatic heterocycles. The molecule has 2 heteroatoms. The lowest BCUT2D eigenvalue weighted by Gasteiger charge is -2.35. The number of nitrogens with zero attached hydrogens (tertiary/aromatic N) is 1. The van der Waals surface area contributed by atoms with Crippen LogP contribution in [0.25, 0.3) is 0 Å². The van der Waals surface area contributed by atoms with Gasteiger partial charge >= 0.3 is 0 Å². The highest BCUT2D eigenvalue weighted by Crippen LogP contribution is 2.26. The minimum atomic E-state index is 0.824. The van der Waals surface area contributed by atoms with E-state index in [4.69, 9.17) is 0 Å². The van der Waals surface area contributed by atoms with E-state index in [0.717, 1.165) is 19.1 Å². The van der Waals surface area contributed by atoms with Crippen molar-refractivity contribution in [1.82, 2.24) is 4.90 Å². The number of nitrogens with one attached hydrogen (secondary N) is 1. The van der Waals surface area contributed by atoms with Crippen LogP contribution in [0.3, 0.4) is 0 Å². The maximum absolute atomic E-state index is 3.45. The Morgan fingerprint density at radius 2 is 2.26 bits per heavy atom. The third-order valence-electron chi connectivity index (χ3n) is 4.64. The SMILES string of the molecule is CCCC1CCCCN1Cc1ccc2c(c1)CCN2. The smallest absolute Gasteiger partial charge is 0.0373 e. The molecule has 2 aliphatic heterocycles. The van der Waals surface area contributed by atoms with Crippen molar-refractivity contribution in [1.29, 1.82) is 0 Å². The first-order valence-electron chi connectivity index (χ1n) is 7.96. The van der Waals surface area contributed by atoms with Gasteiger partial charge in [-0.25, -0.2) is 0 Å². The number of fused-ring (bicyclic) bond motifs is 1. The zero-order valence-corrected chi connectivity index (χ0v) is 12.1. The fourth-order valence-corrected chi connectivity index (χ4v) is 3.62. The Balaban J connectivity index is 1.69. The molecule has 19 heavy (non-hydrogen) atoms. The van der Waals surface area contributed by atoms with Crippen LogP contribution in [0.4, 0.5) is 5.69 Å². The van der Waals surface area contributed by atoms with Crippen LogP contribution in [0, 0.1) is 0 Å². The summed E-state index contributed by atoms with van der Waals surface area (Å²) in [7, 11) is 0. The van der Waals surface area contributed by atoms with Crippen LogP contribution in [0.15, 0.2) is 18.2 Å². The van der Waals surface area contributed by atoms with E-state index in [1.165, 1.54) is 61.9 Å². The summed E-state index contributed by atoms with van der Waals surface area (Å²) in [6.45, 7) is 5.87. The molecule has 2 nitrogen and oxygen atoms in total. The van der Waals surface area contributed by atoms with Gasteiger partial charge in [0.25, 0.3) is 0 Å². The van der Waals surface area contributed by atoms with Crippen molar-refractivity contribution < 1.29 is 0 Å². The summed E-state index contributed by atoms with van der Waals surface area (Å²) in [6, 6.07) is 7.84. The summed E-state index contributed by atoms with van der Waals surface area (Å²) < 4.78 is 0. The third-order valence-corrected chi connectivity index (χ3v) is 4.64. The maximum atomic E-state index is 3.45. The highest BCUT2D eigenvalue weighted by molar-refractivity contribution is 5.56. The van der Waals surface area contributed by atoms with Gasteiger partial charge in [-0.05, 0) is 49.4 Å². The van der Waals surface area contributed by atoms with Crippen LogP contribution in [0.2, 0.25) is 0 Å². The standard InChI is InChI=1S/C17H26N2/c1-2-5-16-6-3-4-11-19(16)13-14-7-8-17-15(12-14)9-10-18-17/h7-8,12,16,18H,2-6,9-11,13H2,1H3. The van der Waals surface area contributed by atoms with E-state index < -0.39 is 0 Å². The molecule has 104 valence electrons. The number of hydrogen-bond donors (Lipinski definition) is 1. The molecular weight excluding hydrogens is 232 g/mol. The molecule has 0 amide bonds. The predicted octanol–water partition coefficient (Wildman–Crippen LogP) is 3.81. The van der Waals surface area contributed by atoms with Gasteiger partial charge < -0.3 is 5.32 Å². The molecule has 0 saturated carbocycles. The van der Waals surface area contributed by atoms with Crippen molar-refractivity contribution in [3.63, 3.8) is 0 Å². The third kappa shape index (κ3) is 2.94. The van der Waals surface area contributed by atoms with Crippen molar-refractivity contribution in [3.05, 3.63) is 29.3 Å². The van der Waals surface area contributed by atoms with Crippen molar-refractivity contribution in [3.8, 4) is 0 Å². The van der Waals surface area contributed by atoms with Gasteiger partial charge in [0.1, 0.15) is 0 Å². The van der Waals surface area contributed by atoms with Crippen molar-refractivity contribution in [2.45, 2.75) is 58.0 Å². The summed E-state index contributed by atoms with van der Waals surface area (Å²) in [5, 5.41) is 3.45. The first kappa shape index (κ1) is 13.0. The predicted molar refractivity (Wildman–Crippen MR) is 81.6 cm³/mol. The Kier molecular flexibility index (Phi) is 4.07. The largest absolute Gasteiger partial charge is 0.384 e. The van der Waals surface area contributed by atoms with Crippen molar-refractivity contribution in [2.75, 3.05) is 18.4 Å². The van der Waals surface area contributed by atoms with Crippen molar-refractivity contribution >= 4 is 5.69 Å². The maximum Gasteiger partial charge on any atom is 0.0373 e. The van der Waals surface area contributed by atoms with Gasteiger partial charge in [0.15, 0.2) is 0 Å². The molecule has 1 N–H and O–H groups in total. The van der Waals surface area contributed by atoms with E-state index in [-0.39, 0.29) is 0 Å². The molecule has 1 aromatic rings. The van der Waals surface area contributed by atoms with Gasteiger partial charge in [-0.1, -0.05) is 31.9 Å². The lowest BCUT2D eigenvalue weighted by Crippen LogP contribution is -2.38. The van der Waals surface area contributed by atoms with Crippen LogP contribution in [0.1, 0.15) is 50.2 Å². The zero-order chi connectivity index (χ0) is 13.1. The highest BCUT2D eigenvalue weighted by atomic mass is 15.2. The van der Waals surface area contributed by atoms with Gasteiger partial charge in [-0.2, -0.15) is 0 Å². The summed E-state index contributed by atoms with van der Waals surface area (Å²) >= 11 is 0. The summed E-state index contributed by atoms with van der Waals surface area (Å²) in [4.78, 5) is 2.72. The van der Waals surface area contributed by atoms with Crippen LogP contribution in [0.5, 0.6) is 0 Å². The topological polar surface area (TPSA) is 15.3 Å². The fraction of sp³-hybridized carbons (Fsp3) is 0.647. The van der Waals surface area contributed by atoms with Gasteiger partial charge in [-0.15, -0.1) is 0 Å². The molecular formula is C17H26N2. The first-order chi connectivity index (χ1) is 9.36. The molecule has 2 heterocycles. The minimum Gasteiger partial charge on any atom is -0.384 e. The molecule has 0 bridgehead atoms. The number of piperidine rings is 1. The van der Waals surface area contributed by atoms with E-state index in [1.54, 1.807) is 0 Å². The molecule has 1 saturated heterocycles. The normalized spacial score (nSPS) is 23.1. The van der Waals surface area contributed by atoms with Crippen LogP contribution in [-0.4, -0.2) is 24.0 Å². The van der Waals surface area contributed by atoms with Gasteiger partial charge in [0.2, 0.25) is 0 Å².